The van der Waals surface area contributed by atoms with E-state index in [1.807, 2.05) is 62.3 Å². The van der Waals surface area contributed by atoms with Gasteiger partial charge >= 0.3 is 121 Å². The maximum absolute atomic E-state index is 6.48. The Morgan fingerprint density at radius 1 is 0.161 bits per heavy atom. The first-order valence-electron chi connectivity index (χ1n) is 29.0. The van der Waals surface area contributed by atoms with Crippen LogP contribution in [0.2, 0.25) is 0 Å². The summed E-state index contributed by atoms with van der Waals surface area (Å²) in [5.41, 5.74) is -0.500. The fourth-order valence-electron chi connectivity index (χ4n) is 8.44. The zero-order valence-corrected chi connectivity index (χ0v) is 70.3. The molecule has 471 valence electrons. The van der Waals surface area contributed by atoms with Crippen LogP contribution < -0.4 is 0 Å². The average Bonchev–Trinajstić information content (AvgIpc) is 4.12. The quantitative estimate of drug-likeness (QED) is 0.227. The molecule has 0 aliphatic heterocycles. The maximum Gasteiger partial charge on any atom is 3.00 e. The van der Waals surface area contributed by atoms with Crippen LogP contribution >= 0.6 is 0 Å². The van der Waals surface area contributed by atoms with Gasteiger partial charge in [-0.2, -0.15) is 0 Å². The van der Waals surface area contributed by atoms with Gasteiger partial charge in [0.2, 0.25) is 16.6 Å². The molecule has 0 unspecified atom stereocenters. The van der Waals surface area contributed by atoms with Gasteiger partial charge in [0.05, 0.1) is 0 Å². The van der Waals surface area contributed by atoms with Gasteiger partial charge in [-0.3, -0.25) is 0 Å². The van der Waals surface area contributed by atoms with E-state index in [1.54, 1.807) is 0 Å². The molecule has 6 aliphatic carbocycles. The van der Waals surface area contributed by atoms with E-state index in [2.05, 4.69) is 222 Å². The van der Waals surface area contributed by atoms with E-state index in [9.17, 15) is 0 Å². The zero-order chi connectivity index (χ0) is 68.9. The molecule has 0 aromatic heterocycles. The summed E-state index contributed by atoms with van der Waals surface area (Å²) in [4.78, 5) is 9.81. The minimum absolute atomic E-state index is 0. The van der Waals surface area contributed by atoms with Crippen LogP contribution in [0.4, 0.5) is 0 Å². The molecule has 9 heteroatoms. The van der Waals surface area contributed by atoms with Crippen molar-refractivity contribution < 1.29 is 121 Å². The van der Waals surface area contributed by atoms with Gasteiger partial charge in [-0.1, -0.05) is 208 Å². The van der Waals surface area contributed by atoms with Crippen molar-refractivity contribution >= 4 is 0 Å². The van der Waals surface area contributed by atoms with Crippen molar-refractivity contribution in [2.45, 2.75) is 287 Å². The molecule has 6 saturated carbocycles. The first-order chi connectivity index (χ1) is 38.0. The van der Waals surface area contributed by atoms with Crippen molar-refractivity contribution in [1.29, 1.82) is 15.8 Å². The Kier molecular flexibility index (Phi) is 62.8. The predicted octanol–water partition coefficient (Wildman–Crippen LogP) is 23.2. The minimum atomic E-state index is -0.167. The minimum Gasteiger partial charge on any atom is -0.512 e. The van der Waals surface area contributed by atoms with Crippen molar-refractivity contribution in [3.8, 4) is 0 Å². The van der Waals surface area contributed by atoms with Gasteiger partial charge in [0.15, 0.2) is 0 Å². The fourth-order valence-corrected chi connectivity index (χ4v) is 8.44. The summed E-state index contributed by atoms with van der Waals surface area (Å²) in [7, 11) is 0. The summed E-state index contributed by atoms with van der Waals surface area (Å²) in [6, 6.07) is 0. The number of hydrogen-bond acceptors (Lipinski definition) is 3. The maximum atomic E-state index is 6.48. The monoisotopic (exact) mass is 1590 g/mol. The Morgan fingerprint density at radius 3 is 0.195 bits per heavy atom. The first kappa shape index (κ1) is 107. The number of rotatable bonds is 0. The van der Waals surface area contributed by atoms with Gasteiger partial charge in [0.25, 0.3) is 0 Å². The Hall–Kier alpha value is 0.953. The van der Waals surface area contributed by atoms with Gasteiger partial charge in [-0.25, -0.2) is 19.7 Å². The smallest absolute Gasteiger partial charge is 0.512 e. The van der Waals surface area contributed by atoms with E-state index in [1.165, 1.54) is 178 Å². The van der Waals surface area contributed by atoms with Gasteiger partial charge in [-0.15, -0.1) is 0 Å². The molecule has 6 nitrogen and oxygen atoms in total. The second kappa shape index (κ2) is 51.3. The van der Waals surface area contributed by atoms with Crippen molar-refractivity contribution in [3.63, 3.8) is 0 Å². The molecule has 0 saturated heterocycles. The van der Waals surface area contributed by atoms with E-state index in [4.69, 9.17) is 55.2 Å². The van der Waals surface area contributed by atoms with Gasteiger partial charge in [-0.05, 0) is 178 Å². The van der Waals surface area contributed by atoms with Crippen LogP contribution in [0, 0.1) is 354 Å². The van der Waals surface area contributed by atoms with Crippen molar-refractivity contribution in [2.24, 2.45) is 0 Å². The fraction of sp³-hybridized carbons (Fsp3) is 0.538. The normalized spacial score (nSPS) is 21.9. The summed E-state index contributed by atoms with van der Waals surface area (Å²) in [6.45, 7) is 117. The van der Waals surface area contributed by atoms with E-state index >= 15 is 0 Å². The summed E-state index contributed by atoms with van der Waals surface area (Å²) < 4.78 is 0. The molecule has 6 aliphatic rings. The summed E-state index contributed by atoms with van der Waals surface area (Å²) in [5, 5.41) is 18.8. The van der Waals surface area contributed by atoms with Crippen molar-refractivity contribution in [1.82, 2.24) is 0 Å². The van der Waals surface area contributed by atoms with Crippen molar-refractivity contribution in [3.05, 3.63) is 232 Å². The molecule has 33 radical (unpaired) electrons. The molecule has 0 heterocycles. The summed E-state index contributed by atoms with van der Waals surface area (Å²) in [6.07, 6.45) is 0. The van der Waals surface area contributed by atoms with Crippen LogP contribution in [-0.2, 0) is 0 Å². The Balaban J connectivity index is -0.000000111. The summed E-state index contributed by atoms with van der Waals surface area (Å²) >= 11 is 0. The third-order valence-electron chi connectivity index (χ3n) is 17.9. The predicted molar refractivity (Wildman–Crippen MR) is 361 cm³/mol. The molecule has 0 bridgehead atoms. The third-order valence-corrected chi connectivity index (χ3v) is 17.9. The van der Waals surface area contributed by atoms with Crippen LogP contribution in [0.1, 0.15) is 270 Å². The van der Waals surface area contributed by atoms with Gasteiger partial charge in [0.1, 0.15) is 0 Å². The molecule has 6 rings (SSSR count). The van der Waals surface area contributed by atoms with Crippen molar-refractivity contribution in [2.75, 3.05) is 0 Å². The molecule has 0 amide bonds. The largest absolute Gasteiger partial charge is 3.00 e. The molecule has 6 fully saturated rings. The van der Waals surface area contributed by atoms with Gasteiger partial charge < -0.3 is 50.0 Å². The van der Waals surface area contributed by atoms with Crippen LogP contribution in [0.3, 0.4) is 0 Å². The Morgan fingerprint density at radius 2 is 0.184 bits per heavy atom. The van der Waals surface area contributed by atoms with Crippen LogP contribution in [0.5, 0.6) is 0 Å². The van der Waals surface area contributed by atoms with Crippen LogP contribution in [-0.4, -0.2) is 16.6 Å². The standard InChI is InChI=1S/6C10H15.3C5H9N.3CN.3Sm/c6*1-6-7(2)9(4)10(5)8(6)3;3*1-5(2,3)6-4;3*1-2;;;/h6*1-5H3;3*1-3H3;;;;;;/q;;;;;;;;;3*-1;3*+3. The number of hydrogen-bond donors (Lipinski definition) is 0. The molecule has 87 heavy (non-hydrogen) atoms. The second-order valence-electron chi connectivity index (χ2n) is 25.6. The van der Waals surface area contributed by atoms with E-state index in [0.29, 0.717) is 0 Å². The zero-order valence-electron chi connectivity index (χ0n) is 62.4. The molecule has 0 N–H and O–H groups in total. The second-order valence-corrected chi connectivity index (χ2v) is 25.6. The SMILES string of the molecule is C[C]1[C](C)[C](C)[C](C)[C]1C.C[C]1[C](C)[C](C)[C](C)[C]1C.C[C]1[C](C)[C](C)[C](C)[C]1C.C[C]1[C](C)[C](C)[C](C)[C]1C.C[C]1[C](C)[C](C)[C](C)[C]1C.C[C]1[C](C)[C](C)[C](C)[C]1C.[C-]#N.[C-]#N.[C-]#N.[C-]#[N+]C(C)(C)C.[C-]#[N+]C(C)(C)C.[C-]#[N+]C(C)(C)C.[Sm+3].[Sm+3].[Sm+3]. The molecule has 0 spiro atoms. The summed E-state index contributed by atoms with van der Waals surface area (Å²) in [5.74, 6) is 44.0. The third kappa shape index (κ3) is 37.2. The molecular formula is C78H117N6Sm3+6. The Bertz CT molecular complexity index is 1320. The molecular weight excluding hydrogens is 1470 g/mol. The number of nitrogens with zero attached hydrogens (tertiary/aromatic N) is 6. The molecule has 0 aromatic carbocycles. The van der Waals surface area contributed by atoms with E-state index in [-0.39, 0.29) is 138 Å². The Labute approximate surface area is 647 Å². The van der Waals surface area contributed by atoms with Crippen LogP contribution in [0.15, 0.2) is 0 Å². The average molecular weight is 1590 g/mol. The molecule has 0 atom stereocenters. The van der Waals surface area contributed by atoms with E-state index in [0.717, 1.165) is 0 Å². The topological polar surface area (TPSA) is 84.5 Å². The van der Waals surface area contributed by atoms with Gasteiger partial charge in [0, 0.05) is 62.3 Å². The van der Waals surface area contributed by atoms with E-state index < -0.39 is 0 Å². The molecule has 0 aromatic rings. The first-order valence-corrected chi connectivity index (χ1v) is 29.0. The van der Waals surface area contributed by atoms with Crippen LogP contribution in [0.25, 0.3) is 14.5 Å².